The van der Waals surface area contributed by atoms with Gasteiger partial charge in [-0.3, -0.25) is 4.79 Å². The third kappa shape index (κ3) is 4.76. The summed E-state index contributed by atoms with van der Waals surface area (Å²) in [5.41, 5.74) is 0. The normalized spacial score (nSPS) is 16.8. The zero-order valence-electron chi connectivity index (χ0n) is 11.7. The van der Waals surface area contributed by atoms with Gasteiger partial charge in [-0.25, -0.2) is 8.42 Å². The monoisotopic (exact) mass is 318 g/mol. The molecule has 10 heteroatoms. The van der Waals surface area contributed by atoms with Crippen LogP contribution in [-0.2, 0) is 26.0 Å². The van der Waals surface area contributed by atoms with Crippen molar-refractivity contribution in [1.82, 2.24) is 19.8 Å². The molecule has 0 radical (unpaired) electrons. The summed E-state index contributed by atoms with van der Waals surface area (Å²) < 4.78 is 35.3. The van der Waals surface area contributed by atoms with Gasteiger partial charge in [0.25, 0.3) is 0 Å². The predicted molar refractivity (Wildman–Crippen MR) is 71.9 cm³/mol. The average Bonchev–Trinajstić information content (AvgIpc) is 2.85. The van der Waals surface area contributed by atoms with Crippen LogP contribution in [0.4, 0.5) is 0 Å². The Labute approximate surface area is 122 Å². The van der Waals surface area contributed by atoms with Crippen LogP contribution in [-0.4, -0.2) is 67.4 Å². The number of carbonyl (C=O) groups is 1. The molecule has 2 heterocycles. The molecule has 0 unspecified atom stereocenters. The van der Waals surface area contributed by atoms with Crippen molar-refractivity contribution >= 4 is 15.9 Å². The van der Waals surface area contributed by atoms with E-state index in [9.17, 15) is 13.2 Å². The molecule has 1 saturated heterocycles. The molecular weight excluding hydrogens is 300 g/mol. The lowest BCUT2D eigenvalue weighted by Crippen LogP contribution is -2.43. The van der Waals surface area contributed by atoms with E-state index in [1.807, 2.05) is 0 Å². The number of carbonyl (C=O) groups excluding carboxylic acids is 1. The van der Waals surface area contributed by atoms with Crippen LogP contribution in [0.3, 0.4) is 0 Å². The number of aryl methyl sites for hydroxylation is 1. The summed E-state index contributed by atoms with van der Waals surface area (Å²) in [7, 11) is -3.36. The first-order valence-corrected chi connectivity index (χ1v) is 8.20. The summed E-state index contributed by atoms with van der Waals surface area (Å²) in [5.74, 6) is 0.186. The van der Waals surface area contributed by atoms with Crippen molar-refractivity contribution in [3.05, 3.63) is 11.7 Å². The van der Waals surface area contributed by atoms with E-state index in [4.69, 9.17) is 9.26 Å². The topological polar surface area (TPSA) is 115 Å². The lowest BCUT2D eigenvalue weighted by molar-refractivity contribution is -0.120. The zero-order chi connectivity index (χ0) is 15.3. The summed E-state index contributed by atoms with van der Waals surface area (Å²) >= 11 is 0. The Morgan fingerprint density at radius 3 is 2.71 bits per heavy atom. The molecule has 0 aliphatic carbocycles. The third-order valence-corrected chi connectivity index (χ3v) is 4.81. The fraction of sp³-hybridized carbons (Fsp3) is 0.727. The van der Waals surface area contributed by atoms with Crippen LogP contribution in [0.2, 0.25) is 0 Å². The van der Waals surface area contributed by atoms with Gasteiger partial charge in [0.2, 0.25) is 21.8 Å². The highest BCUT2D eigenvalue weighted by Crippen LogP contribution is 2.05. The molecule has 1 aliphatic heterocycles. The van der Waals surface area contributed by atoms with E-state index in [1.54, 1.807) is 6.92 Å². The van der Waals surface area contributed by atoms with Gasteiger partial charge in [0.15, 0.2) is 5.82 Å². The molecule has 1 amide bonds. The fourth-order valence-electron chi connectivity index (χ4n) is 1.89. The molecule has 1 fully saturated rings. The number of hydrogen-bond donors (Lipinski definition) is 1. The van der Waals surface area contributed by atoms with E-state index < -0.39 is 10.0 Å². The number of amides is 1. The first kappa shape index (κ1) is 15.9. The smallest absolute Gasteiger partial charge is 0.227 e. The van der Waals surface area contributed by atoms with Gasteiger partial charge in [0.1, 0.15) is 0 Å². The lowest BCUT2D eigenvalue weighted by Gasteiger charge is -2.26. The SMILES string of the molecule is Cc1nc(CC(=O)NCCS(=O)(=O)N2CCOCC2)no1. The number of morpholine rings is 1. The van der Waals surface area contributed by atoms with Crippen molar-refractivity contribution < 1.29 is 22.5 Å². The van der Waals surface area contributed by atoms with Crippen LogP contribution < -0.4 is 5.32 Å². The lowest BCUT2D eigenvalue weighted by atomic mass is 10.4. The summed E-state index contributed by atoms with van der Waals surface area (Å²) in [6.45, 7) is 3.21. The van der Waals surface area contributed by atoms with Crippen molar-refractivity contribution in [3.8, 4) is 0 Å². The zero-order valence-corrected chi connectivity index (χ0v) is 12.6. The maximum absolute atomic E-state index is 12.0. The molecule has 1 aromatic rings. The standard InChI is InChI=1S/C11H18N4O5S/c1-9-13-10(14-20-9)8-11(16)12-2-7-21(17,18)15-3-5-19-6-4-15/h2-8H2,1H3,(H,12,16). The molecule has 2 rings (SSSR count). The fourth-order valence-corrected chi connectivity index (χ4v) is 3.22. The Bertz CT molecular complexity index is 579. The van der Waals surface area contributed by atoms with Gasteiger partial charge in [0.05, 0.1) is 25.4 Å². The highest BCUT2D eigenvalue weighted by atomic mass is 32.2. The van der Waals surface area contributed by atoms with Crippen LogP contribution in [0, 0.1) is 6.92 Å². The summed E-state index contributed by atoms with van der Waals surface area (Å²) in [6.07, 6.45) is -0.0328. The number of hydrogen-bond acceptors (Lipinski definition) is 7. The van der Waals surface area contributed by atoms with Crippen LogP contribution in [0.15, 0.2) is 4.52 Å². The summed E-state index contributed by atoms with van der Waals surface area (Å²) in [6, 6.07) is 0. The third-order valence-electron chi connectivity index (χ3n) is 2.93. The number of rotatable bonds is 6. The maximum atomic E-state index is 12.0. The molecule has 0 bridgehead atoms. The van der Waals surface area contributed by atoms with Crippen LogP contribution >= 0.6 is 0 Å². The van der Waals surface area contributed by atoms with Gasteiger partial charge >= 0.3 is 0 Å². The van der Waals surface area contributed by atoms with Gasteiger partial charge in [-0.15, -0.1) is 0 Å². The molecule has 1 N–H and O–H groups in total. The summed E-state index contributed by atoms with van der Waals surface area (Å²) in [4.78, 5) is 15.5. The quantitative estimate of drug-likeness (QED) is 0.693. The molecule has 118 valence electrons. The van der Waals surface area contributed by atoms with Crippen molar-refractivity contribution in [2.75, 3.05) is 38.6 Å². The van der Waals surface area contributed by atoms with Crippen LogP contribution in [0.25, 0.3) is 0 Å². The molecule has 0 aromatic carbocycles. The Morgan fingerprint density at radius 2 is 2.10 bits per heavy atom. The second-order valence-corrected chi connectivity index (χ2v) is 6.67. The molecule has 0 saturated carbocycles. The molecule has 1 aliphatic rings. The molecule has 0 atom stereocenters. The van der Waals surface area contributed by atoms with Gasteiger partial charge in [-0.05, 0) is 0 Å². The van der Waals surface area contributed by atoms with E-state index in [2.05, 4.69) is 15.5 Å². The predicted octanol–water partition coefficient (Wildman–Crippen LogP) is -1.30. The van der Waals surface area contributed by atoms with Crippen LogP contribution in [0.1, 0.15) is 11.7 Å². The van der Waals surface area contributed by atoms with E-state index in [0.717, 1.165) is 0 Å². The van der Waals surface area contributed by atoms with E-state index in [-0.39, 0.29) is 30.5 Å². The second-order valence-electron chi connectivity index (χ2n) is 4.58. The Balaban J connectivity index is 1.74. The van der Waals surface area contributed by atoms with E-state index in [1.165, 1.54) is 4.31 Å². The maximum Gasteiger partial charge on any atom is 0.227 e. The van der Waals surface area contributed by atoms with Gasteiger partial charge in [-0.2, -0.15) is 9.29 Å². The minimum atomic E-state index is -3.36. The first-order valence-electron chi connectivity index (χ1n) is 6.59. The number of sulfonamides is 1. The first-order chi connectivity index (χ1) is 9.97. The number of aromatic nitrogens is 2. The molecular formula is C11H18N4O5S. The van der Waals surface area contributed by atoms with Crippen LogP contribution in [0.5, 0.6) is 0 Å². The van der Waals surface area contributed by atoms with Crippen molar-refractivity contribution in [3.63, 3.8) is 0 Å². The van der Waals surface area contributed by atoms with Crippen molar-refractivity contribution in [2.24, 2.45) is 0 Å². The van der Waals surface area contributed by atoms with Gasteiger partial charge in [0, 0.05) is 26.6 Å². The average molecular weight is 318 g/mol. The number of nitrogens with zero attached hydrogens (tertiary/aromatic N) is 3. The molecule has 21 heavy (non-hydrogen) atoms. The highest BCUT2D eigenvalue weighted by molar-refractivity contribution is 7.89. The molecule has 0 spiro atoms. The largest absolute Gasteiger partial charge is 0.379 e. The Kier molecular flexibility index (Phi) is 5.26. The second kappa shape index (κ2) is 6.96. The molecule has 9 nitrogen and oxygen atoms in total. The summed E-state index contributed by atoms with van der Waals surface area (Å²) in [5, 5.41) is 6.14. The van der Waals surface area contributed by atoms with Gasteiger partial charge < -0.3 is 14.6 Å². The van der Waals surface area contributed by atoms with Crippen molar-refractivity contribution in [1.29, 1.82) is 0 Å². The Hall–Kier alpha value is -1.52. The minimum absolute atomic E-state index is 0.0328. The minimum Gasteiger partial charge on any atom is -0.379 e. The number of ether oxygens (including phenoxy) is 1. The van der Waals surface area contributed by atoms with Crippen molar-refractivity contribution in [2.45, 2.75) is 13.3 Å². The van der Waals surface area contributed by atoms with Gasteiger partial charge in [-0.1, -0.05) is 5.16 Å². The van der Waals surface area contributed by atoms with E-state index >= 15 is 0 Å². The Morgan fingerprint density at radius 1 is 1.38 bits per heavy atom. The highest BCUT2D eigenvalue weighted by Gasteiger charge is 2.24. The molecule has 1 aromatic heterocycles. The van der Waals surface area contributed by atoms with E-state index in [0.29, 0.717) is 32.2 Å². The number of nitrogens with one attached hydrogen (secondary N) is 1.